The molecule has 0 bridgehead atoms. The fraction of sp³-hybridized carbons (Fsp3) is 0.474. The second-order valence-corrected chi connectivity index (χ2v) is 7.09. The van der Waals surface area contributed by atoms with Crippen LogP contribution < -0.4 is 0 Å². The molecule has 2 aliphatic carbocycles. The van der Waals surface area contributed by atoms with E-state index in [-0.39, 0.29) is 5.97 Å². The molecule has 2 aromatic rings. The SMILES string of the molecule is COC(=O)c1ccc2nc3c(cc2c1)CC(C1(C)CC1)CC3. The van der Waals surface area contributed by atoms with E-state index in [9.17, 15) is 4.79 Å². The van der Waals surface area contributed by atoms with Gasteiger partial charge in [0.15, 0.2) is 0 Å². The first-order chi connectivity index (χ1) is 10.6. The van der Waals surface area contributed by atoms with Gasteiger partial charge in [-0.05, 0) is 73.3 Å². The lowest BCUT2D eigenvalue weighted by atomic mass is 9.77. The van der Waals surface area contributed by atoms with Crippen LogP contribution in [0.3, 0.4) is 0 Å². The van der Waals surface area contributed by atoms with Crippen LogP contribution in [0.5, 0.6) is 0 Å². The van der Waals surface area contributed by atoms with Crippen molar-refractivity contribution in [2.24, 2.45) is 11.3 Å². The molecule has 0 aliphatic heterocycles. The Balaban J connectivity index is 1.73. The Morgan fingerprint density at radius 3 is 2.86 bits per heavy atom. The third kappa shape index (κ3) is 2.20. The summed E-state index contributed by atoms with van der Waals surface area (Å²) in [6.07, 6.45) is 6.24. The average molecular weight is 295 g/mol. The first-order valence-corrected chi connectivity index (χ1v) is 8.10. The lowest BCUT2D eigenvalue weighted by molar-refractivity contribution is 0.0601. The normalized spacial score (nSPS) is 22.2. The molecule has 2 aliphatic rings. The van der Waals surface area contributed by atoms with E-state index in [2.05, 4.69) is 13.0 Å². The molecule has 1 unspecified atom stereocenters. The summed E-state index contributed by atoms with van der Waals surface area (Å²) in [7, 11) is 1.42. The van der Waals surface area contributed by atoms with Crippen LogP contribution in [0.15, 0.2) is 24.3 Å². The van der Waals surface area contributed by atoms with E-state index in [1.165, 1.54) is 37.6 Å². The molecule has 1 fully saturated rings. The van der Waals surface area contributed by atoms with Crippen LogP contribution in [0.4, 0.5) is 0 Å². The summed E-state index contributed by atoms with van der Waals surface area (Å²) >= 11 is 0. The molecule has 3 nitrogen and oxygen atoms in total. The van der Waals surface area contributed by atoms with Crippen LogP contribution >= 0.6 is 0 Å². The van der Waals surface area contributed by atoms with Crippen molar-refractivity contribution in [3.05, 3.63) is 41.1 Å². The maximum atomic E-state index is 11.7. The van der Waals surface area contributed by atoms with Crippen molar-refractivity contribution in [1.29, 1.82) is 0 Å². The first-order valence-electron chi connectivity index (χ1n) is 8.10. The van der Waals surface area contributed by atoms with Crippen molar-refractivity contribution in [3.8, 4) is 0 Å². The number of rotatable bonds is 2. The summed E-state index contributed by atoms with van der Waals surface area (Å²) in [5.74, 6) is 0.506. The van der Waals surface area contributed by atoms with E-state index in [4.69, 9.17) is 9.72 Å². The number of ether oxygens (including phenoxy) is 1. The number of aromatic nitrogens is 1. The number of esters is 1. The molecule has 4 rings (SSSR count). The highest BCUT2D eigenvalue weighted by atomic mass is 16.5. The maximum Gasteiger partial charge on any atom is 0.337 e. The standard InChI is InChI=1S/C19H21NO2/c1-19(7-8-19)15-4-6-17-14(11-15)10-13-9-12(18(21)22-2)3-5-16(13)20-17/h3,5,9-10,15H,4,6-8,11H2,1-2H3. The number of aryl methyl sites for hydroxylation is 1. The van der Waals surface area contributed by atoms with Crippen LogP contribution in [-0.2, 0) is 17.6 Å². The van der Waals surface area contributed by atoms with E-state index in [0.717, 1.165) is 29.7 Å². The minimum Gasteiger partial charge on any atom is -0.465 e. The quantitative estimate of drug-likeness (QED) is 0.788. The smallest absolute Gasteiger partial charge is 0.337 e. The van der Waals surface area contributed by atoms with Gasteiger partial charge in [-0.25, -0.2) is 4.79 Å². The molecular weight excluding hydrogens is 274 g/mol. The highest BCUT2D eigenvalue weighted by Gasteiger charge is 2.45. The second-order valence-electron chi connectivity index (χ2n) is 7.09. The Kier molecular flexibility index (Phi) is 3.00. The molecule has 0 saturated heterocycles. The molecule has 0 radical (unpaired) electrons. The fourth-order valence-electron chi connectivity index (χ4n) is 3.78. The summed E-state index contributed by atoms with van der Waals surface area (Å²) in [6, 6.07) is 7.86. The number of hydrogen-bond acceptors (Lipinski definition) is 3. The monoisotopic (exact) mass is 295 g/mol. The number of carbonyl (C=O) groups excluding carboxylic acids is 1. The van der Waals surface area contributed by atoms with E-state index < -0.39 is 0 Å². The van der Waals surface area contributed by atoms with Gasteiger partial charge < -0.3 is 4.74 Å². The molecule has 0 amide bonds. The zero-order chi connectivity index (χ0) is 15.3. The Bertz CT molecular complexity index is 761. The highest BCUT2D eigenvalue weighted by Crippen LogP contribution is 2.55. The molecule has 1 aromatic carbocycles. The topological polar surface area (TPSA) is 39.2 Å². The van der Waals surface area contributed by atoms with Gasteiger partial charge in [-0.1, -0.05) is 6.92 Å². The van der Waals surface area contributed by atoms with Crippen molar-refractivity contribution < 1.29 is 9.53 Å². The zero-order valence-corrected chi connectivity index (χ0v) is 13.2. The van der Waals surface area contributed by atoms with E-state index in [1.54, 1.807) is 6.07 Å². The molecular formula is C19H21NO2. The first kappa shape index (κ1) is 13.7. The van der Waals surface area contributed by atoms with Crippen molar-refractivity contribution in [1.82, 2.24) is 4.98 Å². The van der Waals surface area contributed by atoms with Gasteiger partial charge in [-0.3, -0.25) is 4.98 Å². The third-order valence-electron chi connectivity index (χ3n) is 5.62. The number of hydrogen-bond donors (Lipinski definition) is 0. The molecule has 1 atom stereocenters. The number of benzene rings is 1. The van der Waals surface area contributed by atoms with Gasteiger partial charge in [-0.15, -0.1) is 0 Å². The number of methoxy groups -OCH3 is 1. The van der Waals surface area contributed by atoms with Crippen molar-refractivity contribution in [3.63, 3.8) is 0 Å². The highest BCUT2D eigenvalue weighted by molar-refractivity contribution is 5.94. The van der Waals surface area contributed by atoms with Gasteiger partial charge in [0.2, 0.25) is 0 Å². The Morgan fingerprint density at radius 1 is 1.32 bits per heavy atom. The summed E-state index contributed by atoms with van der Waals surface area (Å²) in [5, 5.41) is 1.04. The molecule has 3 heteroatoms. The van der Waals surface area contributed by atoms with Crippen LogP contribution in [-0.4, -0.2) is 18.1 Å². The lowest BCUT2D eigenvalue weighted by Crippen LogP contribution is -2.22. The van der Waals surface area contributed by atoms with Gasteiger partial charge in [-0.2, -0.15) is 0 Å². The predicted molar refractivity (Wildman–Crippen MR) is 85.9 cm³/mol. The molecule has 22 heavy (non-hydrogen) atoms. The van der Waals surface area contributed by atoms with Gasteiger partial charge in [0.1, 0.15) is 0 Å². The van der Waals surface area contributed by atoms with Gasteiger partial charge in [0.05, 0.1) is 18.2 Å². The second kappa shape index (κ2) is 4.80. The summed E-state index contributed by atoms with van der Waals surface area (Å²) in [5.41, 5.74) is 4.76. The Hall–Kier alpha value is -1.90. The molecule has 1 aromatic heterocycles. The van der Waals surface area contributed by atoms with E-state index >= 15 is 0 Å². The van der Waals surface area contributed by atoms with E-state index in [0.29, 0.717) is 11.0 Å². The predicted octanol–water partition coefficient (Wildman–Crippen LogP) is 3.93. The minimum absolute atomic E-state index is 0.289. The van der Waals surface area contributed by atoms with Crippen molar-refractivity contribution in [2.75, 3.05) is 7.11 Å². The minimum atomic E-state index is -0.289. The molecule has 0 spiro atoms. The largest absolute Gasteiger partial charge is 0.465 e. The summed E-state index contributed by atoms with van der Waals surface area (Å²) in [6.45, 7) is 2.42. The van der Waals surface area contributed by atoms with Crippen LogP contribution in [0.1, 0.15) is 47.8 Å². The van der Waals surface area contributed by atoms with Crippen molar-refractivity contribution in [2.45, 2.75) is 39.0 Å². The summed E-state index contributed by atoms with van der Waals surface area (Å²) < 4.78 is 4.81. The average Bonchev–Trinajstić information content (AvgIpc) is 3.30. The Labute approximate surface area is 130 Å². The Morgan fingerprint density at radius 2 is 2.14 bits per heavy atom. The molecule has 114 valence electrons. The molecule has 1 heterocycles. The molecule has 0 N–H and O–H groups in total. The number of pyridine rings is 1. The number of carbonyl (C=O) groups is 1. The van der Waals surface area contributed by atoms with Gasteiger partial charge >= 0.3 is 5.97 Å². The van der Waals surface area contributed by atoms with Gasteiger partial charge in [0.25, 0.3) is 0 Å². The van der Waals surface area contributed by atoms with Crippen molar-refractivity contribution >= 4 is 16.9 Å². The maximum absolute atomic E-state index is 11.7. The number of nitrogens with zero attached hydrogens (tertiary/aromatic N) is 1. The van der Waals surface area contributed by atoms with E-state index in [1.807, 2.05) is 12.1 Å². The zero-order valence-electron chi connectivity index (χ0n) is 13.2. The third-order valence-corrected chi connectivity index (χ3v) is 5.62. The van der Waals surface area contributed by atoms with Crippen LogP contribution in [0, 0.1) is 11.3 Å². The fourth-order valence-corrected chi connectivity index (χ4v) is 3.78. The lowest BCUT2D eigenvalue weighted by Gasteiger charge is -2.29. The molecule has 1 saturated carbocycles. The summed E-state index contributed by atoms with van der Waals surface area (Å²) in [4.78, 5) is 16.5. The van der Waals surface area contributed by atoms with Crippen LogP contribution in [0.2, 0.25) is 0 Å². The van der Waals surface area contributed by atoms with Gasteiger partial charge in [0, 0.05) is 11.1 Å². The number of fused-ring (bicyclic) bond motifs is 2. The van der Waals surface area contributed by atoms with Crippen LogP contribution in [0.25, 0.3) is 10.9 Å².